The number of amides is 1. The van der Waals surface area contributed by atoms with Crippen LogP contribution >= 0.6 is 0 Å². The zero-order valence-electron chi connectivity index (χ0n) is 10.7. The lowest BCUT2D eigenvalue weighted by atomic mass is 10.3. The topological polar surface area (TPSA) is 64.8 Å². The van der Waals surface area contributed by atoms with Gasteiger partial charge in [0.05, 0.1) is 19.6 Å². The quantitative estimate of drug-likeness (QED) is 0.554. The van der Waals surface area contributed by atoms with Gasteiger partial charge in [-0.15, -0.1) is 0 Å². The molecule has 0 saturated heterocycles. The number of halogens is 2. The minimum Gasteiger partial charge on any atom is -0.383 e. The van der Waals surface area contributed by atoms with Gasteiger partial charge in [-0.25, -0.2) is 8.78 Å². The van der Waals surface area contributed by atoms with Crippen molar-refractivity contribution in [1.82, 2.24) is 4.90 Å². The Morgan fingerprint density at radius 1 is 1.33 bits per heavy atom. The number of methoxy groups -OCH3 is 1. The molecule has 0 bridgehead atoms. The summed E-state index contributed by atoms with van der Waals surface area (Å²) in [5, 5.41) is 0. The summed E-state index contributed by atoms with van der Waals surface area (Å²) in [4.78, 5) is 13.4. The molecular weight excluding hydrogens is 246 g/mol. The van der Waals surface area contributed by atoms with E-state index in [2.05, 4.69) is 4.74 Å². The Labute approximate surface area is 106 Å². The first-order valence-electron chi connectivity index (χ1n) is 5.94. The molecule has 0 aliphatic carbocycles. The molecule has 0 heterocycles. The molecule has 0 rings (SSSR count). The minimum atomic E-state index is -2.50. The molecular formula is C11H22F2N2O3. The summed E-state index contributed by atoms with van der Waals surface area (Å²) in [5.74, 6) is -0.130. The van der Waals surface area contributed by atoms with E-state index in [1.165, 1.54) is 0 Å². The van der Waals surface area contributed by atoms with Crippen molar-refractivity contribution in [1.29, 1.82) is 0 Å². The molecule has 7 heteroatoms. The van der Waals surface area contributed by atoms with E-state index in [0.29, 0.717) is 32.7 Å². The van der Waals surface area contributed by atoms with Gasteiger partial charge in [0, 0.05) is 20.2 Å². The Bertz CT molecular complexity index is 210. The second kappa shape index (κ2) is 11.3. The van der Waals surface area contributed by atoms with Crippen LogP contribution in [-0.2, 0) is 14.3 Å². The molecule has 0 spiro atoms. The molecule has 0 aromatic carbocycles. The molecule has 5 nitrogen and oxygen atoms in total. The summed E-state index contributed by atoms with van der Waals surface area (Å²) >= 11 is 0. The largest absolute Gasteiger partial charge is 0.383 e. The van der Waals surface area contributed by atoms with Crippen LogP contribution in [0.1, 0.15) is 12.8 Å². The van der Waals surface area contributed by atoms with Crippen LogP contribution in [0.5, 0.6) is 0 Å². The third kappa shape index (κ3) is 9.26. The fraction of sp³-hybridized carbons (Fsp3) is 0.909. The van der Waals surface area contributed by atoms with Gasteiger partial charge in [0.15, 0.2) is 0 Å². The normalized spacial score (nSPS) is 10.9. The average molecular weight is 268 g/mol. The SMILES string of the molecule is COCCN(CCCN)C(=O)CCOCC(F)F. The van der Waals surface area contributed by atoms with Crippen LogP contribution < -0.4 is 5.73 Å². The van der Waals surface area contributed by atoms with E-state index >= 15 is 0 Å². The number of carbonyl (C=O) groups is 1. The smallest absolute Gasteiger partial charge is 0.261 e. The molecule has 0 unspecified atom stereocenters. The van der Waals surface area contributed by atoms with Crippen LogP contribution in [0.15, 0.2) is 0 Å². The van der Waals surface area contributed by atoms with Gasteiger partial charge in [-0.1, -0.05) is 0 Å². The minimum absolute atomic E-state index is 0.00921. The van der Waals surface area contributed by atoms with Crippen molar-refractivity contribution < 1.29 is 23.0 Å². The van der Waals surface area contributed by atoms with Crippen molar-refractivity contribution in [3.8, 4) is 0 Å². The third-order valence-electron chi connectivity index (χ3n) is 2.25. The van der Waals surface area contributed by atoms with Crippen molar-refractivity contribution in [2.45, 2.75) is 19.3 Å². The van der Waals surface area contributed by atoms with E-state index < -0.39 is 13.0 Å². The van der Waals surface area contributed by atoms with E-state index in [0.717, 1.165) is 0 Å². The molecule has 0 aromatic heterocycles. The zero-order chi connectivity index (χ0) is 13.8. The zero-order valence-corrected chi connectivity index (χ0v) is 10.7. The van der Waals surface area contributed by atoms with Crippen LogP contribution in [0.25, 0.3) is 0 Å². The maximum absolute atomic E-state index is 11.8. The molecule has 0 aliphatic rings. The second-order valence-electron chi connectivity index (χ2n) is 3.73. The first-order chi connectivity index (χ1) is 8.61. The lowest BCUT2D eigenvalue weighted by Gasteiger charge is -2.22. The number of carbonyl (C=O) groups excluding carboxylic acids is 1. The number of ether oxygens (including phenoxy) is 2. The van der Waals surface area contributed by atoms with Crippen LogP contribution in [0.4, 0.5) is 8.78 Å². The molecule has 0 aliphatic heterocycles. The summed E-state index contributed by atoms with van der Waals surface area (Å²) in [6.45, 7) is 1.34. The molecule has 0 fully saturated rings. The average Bonchev–Trinajstić information content (AvgIpc) is 2.34. The second-order valence-corrected chi connectivity index (χ2v) is 3.73. The summed E-state index contributed by atoms with van der Waals surface area (Å²) in [7, 11) is 1.55. The summed E-state index contributed by atoms with van der Waals surface area (Å²) in [6, 6.07) is 0. The van der Waals surface area contributed by atoms with Crippen LogP contribution in [-0.4, -0.2) is 63.8 Å². The molecule has 2 N–H and O–H groups in total. The maximum Gasteiger partial charge on any atom is 0.261 e. The van der Waals surface area contributed by atoms with Gasteiger partial charge in [-0.3, -0.25) is 4.79 Å². The Morgan fingerprint density at radius 3 is 2.61 bits per heavy atom. The maximum atomic E-state index is 11.8. The fourth-order valence-electron chi connectivity index (χ4n) is 1.33. The molecule has 0 atom stereocenters. The number of alkyl halides is 2. The van der Waals surface area contributed by atoms with Crippen molar-refractivity contribution in [2.24, 2.45) is 5.73 Å². The lowest BCUT2D eigenvalue weighted by molar-refractivity contribution is -0.133. The predicted molar refractivity (Wildman–Crippen MR) is 63.6 cm³/mol. The summed E-state index contributed by atoms with van der Waals surface area (Å²) < 4.78 is 33.2. The van der Waals surface area contributed by atoms with Gasteiger partial charge in [0.2, 0.25) is 5.91 Å². The van der Waals surface area contributed by atoms with Gasteiger partial charge >= 0.3 is 0 Å². The van der Waals surface area contributed by atoms with Crippen LogP contribution in [0, 0.1) is 0 Å². The van der Waals surface area contributed by atoms with Crippen molar-refractivity contribution in [2.75, 3.05) is 46.6 Å². The van der Waals surface area contributed by atoms with Gasteiger partial charge in [0.1, 0.15) is 6.61 Å². The highest BCUT2D eigenvalue weighted by Crippen LogP contribution is 1.99. The van der Waals surface area contributed by atoms with Gasteiger partial charge < -0.3 is 20.1 Å². The van der Waals surface area contributed by atoms with E-state index in [1.54, 1.807) is 12.0 Å². The van der Waals surface area contributed by atoms with E-state index in [4.69, 9.17) is 10.5 Å². The standard InChI is InChI=1S/C11H22F2N2O3/c1-17-8-6-15(5-2-4-14)11(16)3-7-18-9-10(12)13/h10H,2-9,14H2,1H3. The van der Waals surface area contributed by atoms with Crippen molar-refractivity contribution in [3.05, 3.63) is 0 Å². The number of hydrogen-bond donors (Lipinski definition) is 1. The molecule has 18 heavy (non-hydrogen) atoms. The first kappa shape index (κ1) is 17.2. The predicted octanol–water partition coefficient (Wildman–Crippen LogP) is 0.482. The highest BCUT2D eigenvalue weighted by molar-refractivity contribution is 5.76. The van der Waals surface area contributed by atoms with Crippen molar-refractivity contribution >= 4 is 5.91 Å². The Kier molecular flexibility index (Phi) is 10.8. The Morgan fingerprint density at radius 2 is 2.06 bits per heavy atom. The number of nitrogens with two attached hydrogens (primary N) is 1. The van der Waals surface area contributed by atoms with Gasteiger partial charge in [-0.2, -0.15) is 0 Å². The molecule has 0 aromatic rings. The van der Waals surface area contributed by atoms with Crippen LogP contribution in [0.3, 0.4) is 0 Å². The lowest BCUT2D eigenvalue weighted by Crippen LogP contribution is -2.36. The monoisotopic (exact) mass is 268 g/mol. The molecule has 1 amide bonds. The number of hydrogen-bond acceptors (Lipinski definition) is 4. The molecule has 0 radical (unpaired) electrons. The highest BCUT2D eigenvalue weighted by atomic mass is 19.3. The number of rotatable bonds is 11. The van der Waals surface area contributed by atoms with Gasteiger partial charge in [-0.05, 0) is 13.0 Å². The highest BCUT2D eigenvalue weighted by Gasteiger charge is 2.13. The van der Waals surface area contributed by atoms with Crippen LogP contribution in [0.2, 0.25) is 0 Å². The number of nitrogens with zero attached hydrogens (tertiary/aromatic N) is 1. The van der Waals surface area contributed by atoms with Crippen molar-refractivity contribution in [3.63, 3.8) is 0 Å². The third-order valence-corrected chi connectivity index (χ3v) is 2.25. The summed E-state index contributed by atoms with van der Waals surface area (Å²) in [5.41, 5.74) is 5.38. The van der Waals surface area contributed by atoms with E-state index in [1.807, 2.05) is 0 Å². The first-order valence-corrected chi connectivity index (χ1v) is 5.94. The Hall–Kier alpha value is -0.790. The summed E-state index contributed by atoms with van der Waals surface area (Å²) in [6.07, 6.45) is -1.70. The van der Waals surface area contributed by atoms with E-state index in [9.17, 15) is 13.6 Å². The van der Waals surface area contributed by atoms with Gasteiger partial charge in [0.25, 0.3) is 6.43 Å². The molecule has 108 valence electrons. The van der Waals surface area contributed by atoms with E-state index in [-0.39, 0.29) is 18.9 Å². The Balaban J connectivity index is 3.88. The molecule has 0 saturated carbocycles. The fourth-order valence-corrected chi connectivity index (χ4v) is 1.33.